The van der Waals surface area contributed by atoms with Crippen molar-refractivity contribution in [2.45, 2.75) is 30.3 Å². The highest BCUT2D eigenvalue weighted by atomic mass is 79.9. The van der Waals surface area contributed by atoms with Crippen molar-refractivity contribution in [2.75, 3.05) is 22.3 Å². The molecule has 8 nitrogen and oxygen atoms in total. The number of halogens is 1. The summed E-state index contributed by atoms with van der Waals surface area (Å²) in [5.74, 6) is -0.476. The molecule has 1 spiro atoms. The molecular formula is C36H29BrN6O2. The fraction of sp³-hybridized carbons (Fsp3) is 0.194. The van der Waals surface area contributed by atoms with Crippen LogP contribution >= 0.6 is 15.9 Å². The number of carbonyl (C=O) groups excluding carboxylic acids is 2. The summed E-state index contributed by atoms with van der Waals surface area (Å²) in [5, 5.41) is 6.16. The Morgan fingerprint density at radius 1 is 0.911 bits per heavy atom. The molecule has 4 atom stereocenters. The van der Waals surface area contributed by atoms with Gasteiger partial charge in [0.15, 0.2) is 11.6 Å². The van der Waals surface area contributed by atoms with Crippen LogP contribution in [0.25, 0.3) is 10.9 Å². The number of rotatable bonds is 4. The predicted molar refractivity (Wildman–Crippen MR) is 178 cm³/mol. The number of fused-ring (bicyclic) bond motifs is 6. The molecule has 0 radical (unpaired) electrons. The Bertz CT molecular complexity index is 2040. The molecule has 5 aromatic rings. The molecule has 2 fully saturated rings. The summed E-state index contributed by atoms with van der Waals surface area (Å²) in [6.45, 7) is 0.724. The van der Waals surface area contributed by atoms with E-state index in [1.807, 2.05) is 96.0 Å². The van der Waals surface area contributed by atoms with Gasteiger partial charge in [-0.2, -0.15) is 0 Å². The first-order valence-corrected chi connectivity index (χ1v) is 16.1. The summed E-state index contributed by atoms with van der Waals surface area (Å²) < 4.78 is 0.874. The van der Waals surface area contributed by atoms with Crippen LogP contribution in [0.1, 0.15) is 40.2 Å². The summed E-state index contributed by atoms with van der Waals surface area (Å²) in [6, 6.07) is 33.6. The van der Waals surface area contributed by atoms with Crippen LogP contribution in [0.15, 0.2) is 108 Å². The Hall–Kier alpha value is -4.57. The molecule has 45 heavy (non-hydrogen) atoms. The SMILES string of the molecule is O=C(c1ccccc1)C1C(c2cc3ccccc3nc2N2NNc3ccccc32)C2CCCN2C12C(=O)Nc1ccc(Br)cc12. The zero-order valence-electron chi connectivity index (χ0n) is 24.2. The molecule has 2 saturated heterocycles. The van der Waals surface area contributed by atoms with Crippen LogP contribution in [-0.4, -0.2) is 34.2 Å². The van der Waals surface area contributed by atoms with E-state index >= 15 is 4.79 Å². The molecular weight excluding hydrogens is 628 g/mol. The van der Waals surface area contributed by atoms with E-state index in [9.17, 15) is 4.79 Å². The van der Waals surface area contributed by atoms with E-state index in [2.05, 4.69) is 49.2 Å². The molecule has 1 aromatic heterocycles. The average molecular weight is 658 g/mol. The lowest BCUT2D eigenvalue weighted by Gasteiger charge is -2.37. The number of anilines is 4. The number of aromatic nitrogens is 1. The van der Waals surface area contributed by atoms with E-state index in [4.69, 9.17) is 4.98 Å². The van der Waals surface area contributed by atoms with Gasteiger partial charge in [-0.15, -0.1) is 5.53 Å². The molecule has 0 aliphatic carbocycles. The number of amides is 1. The Labute approximate surface area is 268 Å². The van der Waals surface area contributed by atoms with E-state index in [1.54, 1.807) is 0 Å². The highest BCUT2D eigenvalue weighted by Gasteiger charge is 2.69. The Kier molecular flexibility index (Phi) is 5.94. The first kappa shape index (κ1) is 26.8. The molecule has 9 rings (SSSR count). The van der Waals surface area contributed by atoms with Crippen molar-refractivity contribution in [1.82, 2.24) is 15.4 Å². The number of pyridine rings is 1. The van der Waals surface area contributed by atoms with Crippen LogP contribution in [0, 0.1) is 5.92 Å². The van der Waals surface area contributed by atoms with Gasteiger partial charge in [-0.3, -0.25) is 14.5 Å². The lowest BCUT2D eigenvalue weighted by Crippen LogP contribution is -2.52. The van der Waals surface area contributed by atoms with Gasteiger partial charge in [0, 0.05) is 44.2 Å². The van der Waals surface area contributed by atoms with Gasteiger partial charge in [0.2, 0.25) is 5.91 Å². The van der Waals surface area contributed by atoms with Gasteiger partial charge in [-0.25, -0.2) is 9.99 Å². The fourth-order valence-corrected chi connectivity index (χ4v) is 8.69. The molecule has 4 unspecified atom stereocenters. The summed E-state index contributed by atoms with van der Waals surface area (Å²) in [6.07, 6.45) is 1.81. The minimum absolute atomic E-state index is 0.0370. The van der Waals surface area contributed by atoms with Gasteiger partial charge in [0.05, 0.1) is 22.8 Å². The smallest absolute Gasteiger partial charge is 0.250 e. The fourth-order valence-electron chi connectivity index (χ4n) is 8.32. The van der Waals surface area contributed by atoms with Crippen LogP contribution in [0.2, 0.25) is 0 Å². The summed E-state index contributed by atoms with van der Waals surface area (Å²) >= 11 is 3.67. The van der Waals surface area contributed by atoms with E-state index in [0.717, 1.165) is 68.8 Å². The number of Topliss-reactive ketones (excluding diaryl/α,β-unsaturated/α-hetero) is 1. The van der Waals surface area contributed by atoms with Crippen molar-refractivity contribution in [2.24, 2.45) is 5.92 Å². The Morgan fingerprint density at radius 3 is 2.60 bits per heavy atom. The van der Waals surface area contributed by atoms with E-state index in [-0.39, 0.29) is 23.7 Å². The number of benzene rings is 4. The standard InChI is InChI=1S/C36H29BrN6O2/c37-23-16-17-27-25(20-23)36(35(45)39-27)32(33(44)21-9-2-1-3-10-21)31(30-15-8-18-42(30)36)24-19-22-11-4-5-12-26(22)38-34(24)43-29-14-7-6-13-28(29)40-41-43/h1-7,9-14,16-17,19-20,30-32,40-41H,8,15,18H2,(H,39,45). The maximum absolute atomic E-state index is 15.1. The van der Waals surface area contributed by atoms with Crippen LogP contribution in [0.4, 0.5) is 22.9 Å². The zero-order valence-corrected chi connectivity index (χ0v) is 25.8. The third kappa shape index (κ3) is 3.75. The third-order valence-electron chi connectivity index (χ3n) is 10.1. The third-order valence-corrected chi connectivity index (χ3v) is 10.5. The maximum atomic E-state index is 15.1. The molecule has 1 amide bonds. The highest BCUT2D eigenvalue weighted by molar-refractivity contribution is 9.10. The molecule has 4 aromatic carbocycles. The number of hydrazine groups is 2. The summed E-state index contributed by atoms with van der Waals surface area (Å²) in [5.41, 5.74) is 11.3. The van der Waals surface area contributed by atoms with E-state index in [1.165, 1.54) is 0 Å². The van der Waals surface area contributed by atoms with Gasteiger partial charge in [-0.05, 0) is 61.9 Å². The van der Waals surface area contributed by atoms with Crippen LogP contribution in [-0.2, 0) is 10.3 Å². The molecule has 3 N–H and O–H groups in total. The quantitative estimate of drug-likeness (QED) is 0.182. The van der Waals surface area contributed by atoms with Crippen molar-refractivity contribution in [3.8, 4) is 0 Å². The maximum Gasteiger partial charge on any atom is 0.250 e. The van der Waals surface area contributed by atoms with Gasteiger partial charge in [0.1, 0.15) is 5.54 Å². The summed E-state index contributed by atoms with van der Waals surface area (Å²) in [7, 11) is 0. The first-order valence-electron chi connectivity index (χ1n) is 15.3. The number of para-hydroxylation sites is 3. The number of nitrogens with one attached hydrogen (secondary N) is 3. The molecule has 0 bridgehead atoms. The normalized spacial score (nSPS) is 24.9. The number of carbonyl (C=O) groups is 2. The average Bonchev–Trinajstić information content (AvgIpc) is 3.84. The largest absolute Gasteiger partial charge is 0.324 e. The van der Waals surface area contributed by atoms with Gasteiger partial charge >= 0.3 is 0 Å². The van der Waals surface area contributed by atoms with Gasteiger partial charge < -0.3 is 10.7 Å². The van der Waals surface area contributed by atoms with Crippen molar-refractivity contribution in [3.63, 3.8) is 0 Å². The van der Waals surface area contributed by atoms with Crippen LogP contribution in [0.5, 0.6) is 0 Å². The van der Waals surface area contributed by atoms with Gasteiger partial charge in [0.25, 0.3) is 0 Å². The highest BCUT2D eigenvalue weighted by Crippen LogP contribution is 2.62. The van der Waals surface area contributed by atoms with Crippen molar-refractivity contribution < 1.29 is 9.59 Å². The molecule has 4 aliphatic rings. The first-order chi connectivity index (χ1) is 22.1. The molecule has 0 saturated carbocycles. The predicted octanol–water partition coefficient (Wildman–Crippen LogP) is 6.89. The minimum Gasteiger partial charge on any atom is -0.324 e. The molecule has 5 heterocycles. The second-order valence-corrected chi connectivity index (χ2v) is 13.1. The molecule has 9 heteroatoms. The van der Waals surface area contributed by atoms with Crippen molar-refractivity contribution in [3.05, 3.63) is 124 Å². The molecule has 4 aliphatic heterocycles. The topological polar surface area (TPSA) is 89.6 Å². The lowest BCUT2D eigenvalue weighted by atomic mass is 9.68. The van der Waals surface area contributed by atoms with Crippen LogP contribution < -0.4 is 21.3 Å². The number of ketones is 1. The monoisotopic (exact) mass is 656 g/mol. The minimum atomic E-state index is -1.17. The van der Waals surface area contributed by atoms with Crippen LogP contribution in [0.3, 0.4) is 0 Å². The van der Waals surface area contributed by atoms with Crippen molar-refractivity contribution >= 4 is 61.4 Å². The van der Waals surface area contributed by atoms with Crippen molar-refractivity contribution in [1.29, 1.82) is 0 Å². The van der Waals surface area contributed by atoms with Gasteiger partial charge in [-0.1, -0.05) is 76.6 Å². The molecule has 222 valence electrons. The Balaban J connectivity index is 1.34. The lowest BCUT2D eigenvalue weighted by molar-refractivity contribution is -0.127. The number of hydrogen-bond donors (Lipinski definition) is 3. The second kappa shape index (κ2) is 9.97. The Morgan fingerprint density at radius 2 is 1.71 bits per heavy atom. The number of nitrogens with zero attached hydrogens (tertiary/aromatic N) is 3. The summed E-state index contributed by atoms with van der Waals surface area (Å²) in [4.78, 5) is 37.3. The zero-order chi connectivity index (χ0) is 30.3. The number of hydrogen-bond acceptors (Lipinski definition) is 7. The second-order valence-electron chi connectivity index (χ2n) is 12.2. The van der Waals surface area contributed by atoms with E-state index < -0.39 is 11.5 Å². The van der Waals surface area contributed by atoms with E-state index in [0.29, 0.717) is 5.56 Å².